The van der Waals surface area contributed by atoms with Crippen LogP contribution in [0.15, 0.2) is 12.7 Å². The molecule has 4 heterocycles. The number of aliphatic hydroxyl groups excluding tert-OH is 1. The van der Waals surface area contributed by atoms with E-state index in [0.717, 1.165) is 36.8 Å². The molecule has 2 amide bonds. The van der Waals surface area contributed by atoms with Crippen LogP contribution in [0.25, 0.3) is 0 Å². The van der Waals surface area contributed by atoms with Crippen molar-refractivity contribution in [2.45, 2.75) is 104 Å². The summed E-state index contributed by atoms with van der Waals surface area (Å²) < 4.78 is 17.0. The first-order valence-corrected chi connectivity index (χ1v) is 17.9. The average Bonchev–Trinajstić information content (AvgIpc) is 3.33. The summed E-state index contributed by atoms with van der Waals surface area (Å²) in [7, 11) is 0. The Morgan fingerprint density at radius 3 is 1.45 bits per heavy atom. The Morgan fingerprint density at radius 1 is 0.673 bits per heavy atom. The highest BCUT2D eigenvalue weighted by atomic mass is 35.5. The number of fused-ring (bicyclic) bond motifs is 4. The number of piperidine rings is 2. The number of carbonyl (C=O) groups excluding carboxylic acids is 2. The van der Waals surface area contributed by atoms with Gasteiger partial charge in [0, 0.05) is 61.0 Å². The van der Waals surface area contributed by atoms with E-state index in [1.54, 1.807) is 11.8 Å². The summed E-state index contributed by atoms with van der Waals surface area (Å²) in [6, 6.07) is 0. The number of rotatable bonds is 2. The van der Waals surface area contributed by atoms with Gasteiger partial charge in [0.15, 0.2) is 0 Å². The summed E-state index contributed by atoms with van der Waals surface area (Å²) in [5.74, 6) is 1.65. The first-order chi connectivity index (χ1) is 22.8. The average molecular weight is 744 g/mol. The van der Waals surface area contributed by atoms with Crippen LogP contribution in [-0.4, -0.2) is 96.6 Å². The Balaban J connectivity index is 0.000000185. The van der Waals surface area contributed by atoms with Crippen molar-refractivity contribution >= 4 is 47.0 Å². The topological polar surface area (TPSA) is 140 Å². The zero-order valence-corrected chi connectivity index (χ0v) is 31.8. The van der Waals surface area contributed by atoms with E-state index in [4.69, 9.17) is 49.0 Å². The highest BCUT2D eigenvalue weighted by Crippen LogP contribution is 2.40. The molecule has 2 aliphatic carbocycles. The van der Waals surface area contributed by atoms with Crippen molar-refractivity contribution in [3.63, 3.8) is 0 Å². The third kappa shape index (κ3) is 10.7. The van der Waals surface area contributed by atoms with E-state index in [9.17, 15) is 14.7 Å². The number of aromatic nitrogens is 4. The number of halogens is 3. The summed E-state index contributed by atoms with van der Waals surface area (Å²) in [6.45, 7) is 17.5. The lowest BCUT2D eigenvalue weighted by molar-refractivity contribution is -0.0135. The predicted molar refractivity (Wildman–Crippen MR) is 187 cm³/mol. The second-order valence-electron chi connectivity index (χ2n) is 15.2. The van der Waals surface area contributed by atoms with Crippen LogP contribution in [0.2, 0.25) is 15.5 Å². The van der Waals surface area contributed by atoms with E-state index in [1.165, 1.54) is 12.7 Å². The zero-order chi connectivity index (χ0) is 36.3. The van der Waals surface area contributed by atoms with Gasteiger partial charge in [-0.3, -0.25) is 0 Å². The monoisotopic (exact) mass is 742 g/mol. The van der Waals surface area contributed by atoms with Crippen LogP contribution in [0.3, 0.4) is 0 Å². The Bertz CT molecular complexity index is 1420. The molecule has 2 aromatic heterocycles. The van der Waals surface area contributed by atoms with Gasteiger partial charge in [0.05, 0.1) is 6.10 Å². The van der Waals surface area contributed by atoms with Crippen LogP contribution in [0.1, 0.15) is 78.4 Å². The molecular formula is C34H49Cl3N6O6. The van der Waals surface area contributed by atoms with Gasteiger partial charge in [0.25, 0.3) is 0 Å². The molecule has 2 saturated heterocycles. The highest BCUT2D eigenvalue weighted by molar-refractivity contribution is 6.34. The summed E-state index contributed by atoms with van der Waals surface area (Å²) in [4.78, 5) is 43.3. The van der Waals surface area contributed by atoms with Gasteiger partial charge >= 0.3 is 12.2 Å². The lowest BCUT2D eigenvalue weighted by Gasteiger charge is -2.38. The third-order valence-electron chi connectivity index (χ3n) is 9.02. The third-order valence-corrected chi connectivity index (χ3v) is 10.2. The quantitative estimate of drug-likeness (QED) is 0.315. The zero-order valence-electron chi connectivity index (χ0n) is 29.6. The van der Waals surface area contributed by atoms with E-state index < -0.39 is 11.2 Å². The minimum Gasteiger partial charge on any atom is -0.473 e. The van der Waals surface area contributed by atoms with Crippen LogP contribution in [0.5, 0.6) is 5.88 Å². The molecule has 0 aromatic carbocycles. The van der Waals surface area contributed by atoms with Gasteiger partial charge in [-0.2, -0.15) is 0 Å². The molecule has 49 heavy (non-hydrogen) atoms. The molecule has 4 bridgehead atoms. The van der Waals surface area contributed by atoms with Crippen molar-refractivity contribution in [1.82, 2.24) is 29.7 Å². The van der Waals surface area contributed by atoms with E-state index in [1.807, 2.05) is 53.4 Å². The first kappa shape index (κ1) is 39.1. The van der Waals surface area contributed by atoms with Crippen molar-refractivity contribution in [2.75, 3.05) is 26.2 Å². The predicted octanol–water partition coefficient (Wildman–Crippen LogP) is 7.18. The molecule has 15 heteroatoms. The molecule has 4 atom stereocenters. The van der Waals surface area contributed by atoms with Gasteiger partial charge in [0.1, 0.15) is 45.4 Å². The van der Waals surface area contributed by atoms with E-state index in [-0.39, 0.29) is 36.2 Å². The van der Waals surface area contributed by atoms with E-state index >= 15 is 0 Å². The molecule has 2 saturated carbocycles. The van der Waals surface area contributed by atoms with Crippen LogP contribution in [0, 0.1) is 37.5 Å². The maximum Gasteiger partial charge on any atom is 0.410 e. The van der Waals surface area contributed by atoms with Crippen LogP contribution >= 0.6 is 34.8 Å². The molecule has 4 unspecified atom stereocenters. The molecule has 0 radical (unpaired) electrons. The van der Waals surface area contributed by atoms with Gasteiger partial charge in [-0.1, -0.05) is 34.8 Å². The van der Waals surface area contributed by atoms with Gasteiger partial charge in [-0.05, 0) is 81.1 Å². The van der Waals surface area contributed by atoms with Crippen molar-refractivity contribution in [3.8, 4) is 5.88 Å². The summed E-state index contributed by atoms with van der Waals surface area (Å²) in [6.07, 6.45) is 6.29. The molecule has 1 N–H and O–H groups in total. The number of hydrogen-bond donors (Lipinski definition) is 1. The maximum atomic E-state index is 12.3. The van der Waals surface area contributed by atoms with Gasteiger partial charge in [0.2, 0.25) is 5.88 Å². The SMILES string of the molecule is CC(C)(C)OC(=O)N1CC2CCC(C1)C2O.Cc1c(Cl)ncnc1Cl.Cc1c(Cl)ncnc1OC1C2CCC1CN(C(=O)OC(C)(C)C)C2. The Kier molecular flexibility index (Phi) is 12.9. The standard InChI is InChI=1S/C17H24ClN3O3.C12H21NO3.C5H4Cl2N2/c1-10-14(18)19-9-20-15(10)23-13-11-5-6-12(13)8-21(7-11)16(22)24-17(2,3)4;1-12(2,3)16-11(15)13-6-8-4-5-9(7-13)10(8)14;1-3-4(6)8-2-9-5(3)7/h9,11-13H,5-8H2,1-4H3;8-10,14H,4-7H2,1-3H3;2H,1H3. The molecule has 12 nitrogen and oxygen atoms in total. The molecule has 4 aliphatic rings. The number of likely N-dealkylation sites (tertiary alicyclic amines) is 2. The molecule has 4 fully saturated rings. The van der Waals surface area contributed by atoms with Crippen molar-refractivity contribution in [1.29, 1.82) is 0 Å². The normalized spacial score (nSPS) is 25.8. The number of carbonyl (C=O) groups is 2. The number of hydrogen-bond acceptors (Lipinski definition) is 10. The molecule has 272 valence electrons. The fraction of sp³-hybridized carbons (Fsp3) is 0.706. The van der Waals surface area contributed by atoms with Gasteiger partial charge in [-0.15, -0.1) is 0 Å². The largest absolute Gasteiger partial charge is 0.473 e. The fourth-order valence-corrected chi connectivity index (χ4v) is 7.02. The van der Waals surface area contributed by atoms with Crippen molar-refractivity contribution < 1.29 is 28.9 Å². The second-order valence-corrected chi connectivity index (χ2v) is 16.3. The van der Waals surface area contributed by atoms with Gasteiger partial charge in [-0.25, -0.2) is 29.5 Å². The number of amides is 2. The van der Waals surface area contributed by atoms with Crippen molar-refractivity contribution in [2.24, 2.45) is 23.7 Å². The number of ether oxygens (including phenoxy) is 3. The Hall–Kier alpha value is -2.67. The minimum absolute atomic E-state index is 0.0633. The Morgan fingerprint density at radius 2 is 1.04 bits per heavy atom. The molecule has 6 rings (SSSR count). The second kappa shape index (κ2) is 16.1. The lowest BCUT2D eigenvalue weighted by Crippen LogP contribution is -2.50. The van der Waals surface area contributed by atoms with Crippen LogP contribution in [0.4, 0.5) is 9.59 Å². The summed E-state index contributed by atoms with van der Waals surface area (Å²) in [5, 5.41) is 11.1. The molecule has 2 aromatic rings. The fourth-order valence-electron chi connectivity index (χ4n) is 6.58. The highest BCUT2D eigenvalue weighted by Gasteiger charge is 2.46. The first-order valence-electron chi connectivity index (χ1n) is 16.7. The maximum absolute atomic E-state index is 12.3. The minimum atomic E-state index is -0.474. The van der Waals surface area contributed by atoms with Gasteiger partial charge < -0.3 is 29.1 Å². The summed E-state index contributed by atoms with van der Waals surface area (Å²) in [5.41, 5.74) is 0.568. The molecule has 0 spiro atoms. The molecular weight excluding hydrogens is 695 g/mol. The summed E-state index contributed by atoms with van der Waals surface area (Å²) >= 11 is 17.2. The molecule has 2 aliphatic heterocycles. The van der Waals surface area contributed by atoms with E-state index in [0.29, 0.717) is 59.4 Å². The van der Waals surface area contributed by atoms with Crippen LogP contribution < -0.4 is 4.74 Å². The number of aliphatic hydroxyl groups is 1. The Labute approximate surface area is 304 Å². The van der Waals surface area contributed by atoms with Crippen molar-refractivity contribution in [3.05, 3.63) is 39.2 Å². The lowest BCUT2D eigenvalue weighted by atomic mass is 9.95. The number of nitrogens with zero attached hydrogens (tertiary/aromatic N) is 6. The smallest absolute Gasteiger partial charge is 0.410 e. The van der Waals surface area contributed by atoms with E-state index in [2.05, 4.69) is 19.9 Å². The van der Waals surface area contributed by atoms with Crippen LogP contribution in [-0.2, 0) is 9.47 Å².